The number of rotatable bonds is 3. The first kappa shape index (κ1) is 12.1. The maximum Gasteiger partial charge on any atom is 0.134 e. The van der Waals surface area contributed by atoms with Gasteiger partial charge in [0.15, 0.2) is 0 Å². The maximum atomic E-state index is 5.84. The normalized spacial score (nSPS) is 10.8. The minimum Gasteiger partial charge on any atom is -0.464 e. The molecule has 0 saturated heterocycles. The van der Waals surface area contributed by atoms with Gasteiger partial charge in [-0.2, -0.15) is 0 Å². The number of hydrogen-bond donors (Lipinski definition) is 1. The zero-order valence-corrected chi connectivity index (χ0v) is 11.2. The van der Waals surface area contributed by atoms with E-state index in [4.69, 9.17) is 16.0 Å². The van der Waals surface area contributed by atoms with Crippen LogP contribution in [0, 0.1) is 6.92 Å². The van der Waals surface area contributed by atoms with E-state index in [1.807, 2.05) is 31.2 Å². The molecule has 2 aromatic heterocycles. The SMILES string of the molecule is Cc1nc(Cl)ccc1NCc1coc2ccccc12. The Morgan fingerprint density at radius 1 is 1.21 bits per heavy atom. The lowest BCUT2D eigenvalue weighted by molar-refractivity contribution is 0.611. The number of furan rings is 1. The van der Waals surface area contributed by atoms with Crippen molar-refractivity contribution in [1.29, 1.82) is 0 Å². The first-order valence-electron chi connectivity index (χ1n) is 6.06. The molecule has 0 spiro atoms. The molecule has 0 aliphatic carbocycles. The predicted molar refractivity (Wildman–Crippen MR) is 77.5 cm³/mol. The average molecular weight is 273 g/mol. The van der Waals surface area contributed by atoms with Crippen LogP contribution in [-0.4, -0.2) is 4.98 Å². The van der Waals surface area contributed by atoms with Gasteiger partial charge in [-0.25, -0.2) is 4.98 Å². The van der Waals surface area contributed by atoms with Gasteiger partial charge in [0.05, 0.1) is 17.6 Å². The van der Waals surface area contributed by atoms with Crippen molar-refractivity contribution in [3.63, 3.8) is 0 Å². The molecule has 1 aromatic carbocycles. The molecule has 0 saturated carbocycles. The van der Waals surface area contributed by atoms with Crippen molar-refractivity contribution in [1.82, 2.24) is 4.98 Å². The molecule has 0 aliphatic heterocycles. The fourth-order valence-electron chi connectivity index (χ4n) is 2.08. The summed E-state index contributed by atoms with van der Waals surface area (Å²) < 4.78 is 5.51. The van der Waals surface area contributed by atoms with E-state index in [0.29, 0.717) is 11.7 Å². The van der Waals surface area contributed by atoms with Crippen LogP contribution in [0.1, 0.15) is 11.3 Å². The van der Waals surface area contributed by atoms with Gasteiger partial charge in [-0.1, -0.05) is 29.8 Å². The smallest absolute Gasteiger partial charge is 0.134 e. The Morgan fingerprint density at radius 3 is 2.89 bits per heavy atom. The quantitative estimate of drug-likeness (QED) is 0.718. The highest BCUT2D eigenvalue weighted by Crippen LogP contribution is 2.22. The van der Waals surface area contributed by atoms with Crippen LogP contribution in [0.2, 0.25) is 5.15 Å². The van der Waals surface area contributed by atoms with Gasteiger partial charge < -0.3 is 9.73 Å². The summed E-state index contributed by atoms with van der Waals surface area (Å²) in [5.41, 5.74) is 3.91. The molecule has 0 unspecified atom stereocenters. The van der Waals surface area contributed by atoms with E-state index in [0.717, 1.165) is 27.9 Å². The van der Waals surface area contributed by atoms with Crippen LogP contribution in [0.25, 0.3) is 11.0 Å². The molecule has 96 valence electrons. The van der Waals surface area contributed by atoms with E-state index < -0.39 is 0 Å². The lowest BCUT2D eigenvalue weighted by Crippen LogP contribution is -2.01. The van der Waals surface area contributed by atoms with Gasteiger partial charge in [0.25, 0.3) is 0 Å². The number of halogens is 1. The lowest BCUT2D eigenvalue weighted by Gasteiger charge is -2.08. The third kappa shape index (κ3) is 2.42. The molecular formula is C15H13ClN2O. The molecule has 3 aromatic rings. The highest BCUT2D eigenvalue weighted by molar-refractivity contribution is 6.29. The first-order valence-corrected chi connectivity index (χ1v) is 6.44. The molecule has 1 N–H and O–H groups in total. The van der Waals surface area contributed by atoms with Crippen molar-refractivity contribution >= 4 is 28.3 Å². The molecule has 0 bridgehead atoms. The van der Waals surface area contributed by atoms with Crippen LogP contribution in [0.3, 0.4) is 0 Å². The van der Waals surface area contributed by atoms with E-state index in [1.54, 1.807) is 12.3 Å². The van der Waals surface area contributed by atoms with Crippen molar-refractivity contribution < 1.29 is 4.42 Å². The molecule has 2 heterocycles. The van der Waals surface area contributed by atoms with Gasteiger partial charge in [0, 0.05) is 17.5 Å². The van der Waals surface area contributed by atoms with Crippen LogP contribution in [-0.2, 0) is 6.54 Å². The number of aryl methyl sites for hydroxylation is 1. The number of hydrogen-bond acceptors (Lipinski definition) is 3. The number of aromatic nitrogens is 1. The highest BCUT2D eigenvalue weighted by Gasteiger charge is 2.06. The van der Waals surface area contributed by atoms with Gasteiger partial charge in [0.1, 0.15) is 10.7 Å². The fraction of sp³-hybridized carbons (Fsp3) is 0.133. The van der Waals surface area contributed by atoms with Crippen LogP contribution < -0.4 is 5.32 Å². The Hall–Kier alpha value is -2.00. The van der Waals surface area contributed by atoms with Crippen molar-refractivity contribution in [3.05, 3.63) is 59.1 Å². The summed E-state index contributed by atoms with van der Waals surface area (Å²) in [7, 11) is 0. The zero-order valence-electron chi connectivity index (χ0n) is 10.5. The van der Waals surface area contributed by atoms with Crippen molar-refractivity contribution in [2.75, 3.05) is 5.32 Å². The van der Waals surface area contributed by atoms with E-state index >= 15 is 0 Å². The summed E-state index contributed by atoms with van der Waals surface area (Å²) in [4.78, 5) is 4.22. The Balaban J connectivity index is 1.82. The molecule has 0 atom stereocenters. The Kier molecular flexibility index (Phi) is 3.13. The number of para-hydroxylation sites is 1. The molecule has 3 rings (SSSR count). The second kappa shape index (κ2) is 4.94. The molecule has 3 nitrogen and oxygen atoms in total. The summed E-state index contributed by atoms with van der Waals surface area (Å²) in [5, 5.41) is 5.00. The third-order valence-electron chi connectivity index (χ3n) is 3.08. The zero-order chi connectivity index (χ0) is 13.2. The number of nitrogens with zero attached hydrogens (tertiary/aromatic N) is 1. The largest absolute Gasteiger partial charge is 0.464 e. The summed E-state index contributed by atoms with van der Waals surface area (Å²) in [6.07, 6.45) is 1.79. The fourth-order valence-corrected chi connectivity index (χ4v) is 2.27. The van der Waals surface area contributed by atoms with Gasteiger partial charge >= 0.3 is 0 Å². The van der Waals surface area contributed by atoms with Crippen LogP contribution in [0.4, 0.5) is 5.69 Å². The van der Waals surface area contributed by atoms with Gasteiger partial charge in [-0.05, 0) is 25.1 Å². The molecule has 0 aliphatic rings. The van der Waals surface area contributed by atoms with Crippen LogP contribution in [0.15, 0.2) is 47.1 Å². The summed E-state index contributed by atoms with van der Waals surface area (Å²) in [6.45, 7) is 2.63. The Bertz CT molecular complexity index is 721. The molecule has 4 heteroatoms. The summed E-state index contributed by atoms with van der Waals surface area (Å²) in [6, 6.07) is 11.7. The van der Waals surface area contributed by atoms with Crippen LogP contribution >= 0.6 is 11.6 Å². The second-order valence-corrected chi connectivity index (χ2v) is 4.76. The number of nitrogens with one attached hydrogen (secondary N) is 1. The topological polar surface area (TPSA) is 38.1 Å². The minimum atomic E-state index is 0.511. The van der Waals surface area contributed by atoms with Crippen LogP contribution in [0.5, 0.6) is 0 Å². The van der Waals surface area contributed by atoms with E-state index in [1.165, 1.54) is 0 Å². The first-order chi connectivity index (χ1) is 9.24. The predicted octanol–water partition coefficient (Wildman–Crippen LogP) is 4.40. The van der Waals surface area contributed by atoms with Crippen molar-refractivity contribution in [2.45, 2.75) is 13.5 Å². The van der Waals surface area contributed by atoms with Crippen molar-refractivity contribution in [3.8, 4) is 0 Å². The minimum absolute atomic E-state index is 0.511. The monoisotopic (exact) mass is 272 g/mol. The van der Waals surface area contributed by atoms with Gasteiger partial charge in [-0.3, -0.25) is 0 Å². The Morgan fingerprint density at radius 2 is 2.05 bits per heavy atom. The van der Waals surface area contributed by atoms with E-state index in [-0.39, 0.29) is 0 Å². The molecule has 0 radical (unpaired) electrons. The lowest BCUT2D eigenvalue weighted by atomic mass is 10.2. The van der Waals surface area contributed by atoms with Crippen molar-refractivity contribution in [2.24, 2.45) is 0 Å². The molecule has 0 fully saturated rings. The molecule has 19 heavy (non-hydrogen) atoms. The van der Waals surface area contributed by atoms with Gasteiger partial charge in [0.2, 0.25) is 0 Å². The summed E-state index contributed by atoms with van der Waals surface area (Å²) >= 11 is 5.84. The number of benzene rings is 1. The van der Waals surface area contributed by atoms with E-state index in [9.17, 15) is 0 Å². The third-order valence-corrected chi connectivity index (χ3v) is 3.29. The van der Waals surface area contributed by atoms with E-state index in [2.05, 4.69) is 16.4 Å². The number of pyridine rings is 1. The number of anilines is 1. The summed E-state index contributed by atoms with van der Waals surface area (Å²) in [5.74, 6) is 0. The average Bonchev–Trinajstić information content (AvgIpc) is 2.81. The molecular weight excluding hydrogens is 260 g/mol. The van der Waals surface area contributed by atoms with Gasteiger partial charge in [-0.15, -0.1) is 0 Å². The standard InChI is InChI=1S/C15H13ClN2O/c1-10-13(6-7-15(16)18-10)17-8-11-9-19-14-5-3-2-4-12(11)14/h2-7,9,17H,8H2,1H3. The highest BCUT2D eigenvalue weighted by atomic mass is 35.5. The maximum absolute atomic E-state index is 5.84. The Labute approximate surface area is 116 Å². The number of fused-ring (bicyclic) bond motifs is 1. The second-order valence-electron chi connectivity index (χ2n) is 4.38. The molecule has 0 amide bonds.